The van der Waals surface area contributed by atoms with Crippen molar-refractivity contribution in [1.82, 2.24) is 9.88 Å². The molecular formula is C42H59N5O2. The van der Waals surface area contributed by atoms with Crippen LogP contribution in [0.2, 0.25) is 0 Å². The van der Waals surface area contributed by atoms with Gasteiger partial charge in [-0.3, -0.25) is 9.88 Å². The van der Waals surface area contributed by atoms with E-state index in [1.165, 1.54) is 48.3 Å². The summed E-state index contributed by atoms with van der Waals surface area (Å²) in [4.78, 5) is 24.1. The quantitative estimate of drug-likeness (QED) is 0.175. The predicted octanol–water partition coefficient (Wildman–Crippen LogP) is 7.94. The number of anilines is 2. The van der Waals surface area contributed by atoms with E-state index >= 15 is 0 Å². The van der Waals surface area contributed by atoms with Gasteiger partial charge in [0.25, 0.3) is 0 Å². The highest BCUT2D eigenvalue weighted by Gasteiger charge is 2.31. The predicted molar refractivity (Wildman–Crippen MR) is 205 cm³/mol. The van der Waals surface area contributed by atoms with Crippen LogP contribution in [0.5, 0.6) is 0 Å². The number of fused-ring (bicyclic) bond motifs is 1. The number of piperidine rings is 1. The summed E-state index contributed by atoms with van der Waals surface area (Å²) >= 11 is 0. The van der Waals surface area contributed by atoms with Crippen molar-refractivity contribution >= 4 is 23.4 Å². The van der Waals surface area contributed by atoms with Gasteiger partial charge in [0, 0.05) is 56.3 Å². The van der Waals surface area contributed by atoms with Gasteiger partial charge in [0.05, 0.1) is 30.2 Å². The van der Waals surface area contributed by atoms with Crippen LogP contribution in [-0.4, -0.2) is 74.7 Å². The Morgan fingerprint density at radius 1 is 1.08 bits per heavy atom. The van der Waals surface area contributed by atoms with Crippen LogP contribution in [0, 0.1) is 5.41 Å². The number of nitrogens with two attached hydrogens (primary N) is 1. The zero-order chi connectivity index (χ0) is 35.1. The van der Waals surface area contributed by atoms with Crippen LogP contribution in [-0.2, 0) is 16.0 Å². The largest absolute Gasteiger partial charge is 0.384 e. The van der Waals surface area contributed by atoms with Gasteiger partial charge in [-0.15, -0.1) is 0 Å². The van der Waals surface area contributed by atoms with Crippen molar-refractivity contribution in [3.63, 3.8) is 0 Å². The Balaban J connectivity index is 1.56. The average molecular weight is 666 g/mol. The molecule has 2 saturated heterocycles. The molecule has 5 rings (SSSR count). The molecule has 264 valence electrons. The van der Waals surface area contributed by atoms with Crippen LogP contribution in [0.15, 0.2) is 66.4 Å². The summed E-state index contributed by atoms with van der Waals surface area (Å²) in [5.41, 5.74) is 16.6. The molecule has 2 unspecified atom stereocenters. The monoisotopic (exact) mass is 665 g/mol. The highest BCUT2D eigenvalue weighted by atomic mass is 16.5. The van der Waals surface area contributed by atoms with E-state index in [0.717, 1.165) is 67.0 Å². The second-order valence-corrected chi connectivity index (χ2v) is 15.3. The molecule has 0 spiro atoms. The first kappa shape index (κ1) is 36.8. The number of aldehydes is 1. The number of carbonyl (C=O) groups excluding carboxylic acids is 1. The maximum atomic E-state index is 11.2. The van der Waals surface area contributed by atoms with E-state index in [2.05, 4.69) is 105 Å². The lowest BCUT2D eigenvalue weighted by Gasteiger charge is -2.45. The van der Waals surface area contributed by atoms with Crippen LogP contribution in [0.3, 0.4) is 0 Å². The normalized spacial score (nSPS) is 18.2. The summed E-state index contributed by atoms with van der Waals surface area (Å²) in [5, 5.41) is 0. The number of nitrogens with zero attached hydrogens (tertiary/aromatic N) is 4. The Kier molecular flexibility index (Phi) is 12.3. The molecule has 49 heavy (non-hydrogen) atoms. The summed E-state index contributed by atoms with van der Waals surface area (Å²) in [5.74, 6) is 0.273. The van der Waals surface area contributed by atoms with E-state index in [4.69, 9.17) is 15.5 Å². The smallest absolute Gasteiger partial charge is 0.137 e. The number of pyridine rings is 1. The molecule has 0 amide bonds. The first-order valence-electron chi connectivity index (χ1n) is 18.4. The molecule has 0 radical (unpaired) electrons. The Morgan fingerprint density at radius 3 is 2.55 bits per heavy atom. The van der Waals surface area contributed by atoms with Gasteiger partial charge in [-0.25, -0.2) is 0 Å². The first-order chi connectivity index (χ1) is 23.5. The minimum atomic E-state index is -0.487. The third kappa shape index (κ3) is 8.99. The van der Waals surface area contributed by atoms with Crippen LogP contribution >= 0.6 is 0 Å². The number of carbonyl (C=O) groups is 1. The highest BCUT2D eigenvalue weighted by Crippen LogP contribution is 2.39. The van der Waals surface area contributed by atoms with Gasteiger partial charge in [-0.1, -0.05) is 70.5 Å². The Bertz CT molecular complexity index is 1580. The summed E-state index contributed by atoms with van der Waals surface area (Å²) in [7, 11) is 1.80. The lowest BCUT2D eigenvalue weighted by molar-refractivity contribution is -0.108. The number of hydrogen-bond acceptors (Lipinski definition) is 7. The molecule has 7 heteroatoms. The zero-order valence-electron chi connectivity index (χ0n) is 31.0. The Hall–Kier alpha value is -3.52. The molecule has 0 bridgehead atoms. The fraction of sp³-hybridized carbons (Fsp3) is 0.524. The number of aromatic nitrogens is 1. The molecule has 0 saturated carbocycles. The van der Waals surface area contributed by atoms with Gasteiger partial charge < -0.3 is 25.1 Å². The second-order valence-electron chi connectivity index (χ2n) is 15.3. The number of ether oxygens (including phenoxy) is 1. The van der Waals surface area contributed by atoms with Crippen LogP contribution in [0.4, 0.5) is 11.4 Å². The van der Waals surface area contributed by atoms with Gasteiger partial charge in [0.15, 0.2) is 0 Å². The Morgan fingerprint density at radius 2 is 1.86 bits per heavy atom. The topological polar surface area (TPSA) is 74.9 Å². The van der Waals surface area contributed by atoms with Gasteiger partial charge in [-0.2, -0.15) is 0 Å². The summed E-state index contributed by atoms with van der Waals surface area (Å²) < 4.78 is 5.68. The molecule has 2 aliphatic heterocycles. The summed E-state index contributed by atoms with van der Waals surface area (Å²) in [6.45, 7) is 19.6. The maximum Gasteiger partial charge on any atom is 0.137 e. The Labute approximate surface area is 295 Å². The van der Waals surface area contributed by atoms with Crippen molar-refractivity contribution < 1.29 is 9.53 Å². The fourth-order valence-electron chi connectivity index (χ4n) is 8.03. The summed E-state index contributed by atoms with van der Waals surface area (Å²) in [6, 6.07) is 19.8. The molecule has 3 aromatic rings. The molecule has 2 aliphatic rings. The third-order valence-corrected chi connectivity index (χ3v) is 10.3. The number of methoxy groups -OCH3 is 1. The van der Waals surface area contributed by atoms with E-state index in [9.17, 15) is 4.79 Å². The van der Waals surface area contributed by atoms with Crippen molar-refractivity contribution in [3.8, 4) is 11.1 Å². The minimum Gasteiger partial charge on any atom is -0.384 e. The highest BCUT2D eigenvalue weighted by molar-refractivity contribution is 5.84. The second kappa shape index (κ2) is 16.5. The number of hydrogen-bond donors (Lipinski definition) is 1. The van der Waals surface area contributed by atoms with Gasteiger partial charge >= 0.3 is 0 Å². The van der Waals surface area contributed by atoms with Gasteiger partial charge in [0.1, 0.15) is 6.29 Å². The fourth-order valence-corrected chi connectivity index (χ4v) is 8.03. The van der Waals surface area contributed by atoms with Crippen LogP contribution in [0.1, 0.15) is 90.0 Å². The molecule has 2 aromatic carbocycles. The molecule has 7 nitrogen and oxygen atoms in total. The lowest BCUT2D eigenvalue weighted by atomic mass is 9.84. The van der Waals surface area contributed by atoms with Crippen LogP contribution in [0.25, 0.3) is 16.8 Å². The number of piperazine rings is 1. The minimum absolute atomic E-state index is 0.0227. The van der Waals surface area contributed by atoms with Crippen LogP contribution < -0.4 is 15.5 Å². The first-order valence-corrected chi connectivity index (χ1v) is 18.4. The van der Waals surface area contributed by atoms with Crippen molar-refractivity contribution in [3.05, 3.63) is 83.2 Å². The molecule has 0 aliphatic carbocycles. The molecule has 2 atom stereocenters. The summed E-state index contributed by atoms with van der Waals surface area (Å²) in [6.07, 6.45) is 8.33. The van der Waals surface area contributed by atoms with E-state index in [-0.39, 0.29) is 11.3 Å². The molecule has 2 N–H and O–H groups in total. The van der Waals surface area contributed by atoms with E-state index in [0.29, 0.717) is 19.1 Å². The van der Waals surface area contributed by atoms with Gasteiger partial charge in [-0.05, 0) is 97.9 Å². The lowest BCUT2D eigenvalue weighted by Crippen LogP contribution is -2.54. The van der Waals surface area contributed by atoms with Crippen molar-refractivity contribution in [1.29, 1.82) is 0 Å². The standard InChI is InChI=1S/C42H59N5O2/c1-8-47(36-17-15-33(16-18-36)34-13-11-12-32(22-34)23-35(43)28-48)41(31(4)25-42(5,6)29-49-7)39-24-38(26-44-40(39)30(2)3)46-21-20-45-19-10-9-14-37(45)27-46/h11-13,15-18,22,24,26,28,30,35,37H,8-10,14,19-21,23,25,27,29,43H2,1-7H3/b41-31+. The van der Waals surface area contributed by atoms with E-state index in [1.807, 2.05) is 12.1 Å². The maximum absolute atomic E-state index is 11.2. The number of allylic oxidation sites excluding steroid dienone is 1. The van der Waals surface area contributed by atoms with E-state index in [1.54, 1.807) is 7.11 Å². The van der Waals surface area contributed by atoms with E-state index < -0.39 is 6.04 Å². The van der Waals surface area contributed by atoms with Crippen molar-refractivity contribution in [2.45, 2.75) is 91.6 Å². The third-order valence-electron chi connectivity index (χ3n) is 10.3. The SMILES string of the molecule is CCN(/C(=C(\C)CC(C)(C)COC)c1cc(N2CCN3CCCCC3C2)cnc1C(C)C)c1ccc(-c2cccc(CC(N)C=O)c2)cc1. The molecular weight excluding hydrogens is 606 g/mol. The number of benzene rings is 2. The number of rotatable bonds is 14. The average Bonchev–Trinajstić information content (AvgIpc) is 3.09. The zero-order valence-corrected chi connectivity index (χ0v) is 31.0. The van der Waals surface area contributed by atoms with Crippen molar-refractivity contribution in [2.75, 3.05) is 56.2 Å². The molecule has 2 fully saturated rings. The molecule has 3 heterocycles. The van der Waals surface area contributed by atoms with Gasteiger partial charge in [0.2, 0.25) is 0 Å². The van der Waals surface area contributed by atoms with Crippen molar-refractivity contribution in [2.24, 2.45) is 11.1 Å². The molecule has 1 aromatic heterocycles.